The summed E-state index contributed by atoms with van der Waals surface area (Å²) in [5, 5.41) is 2.94. The quantitative estimate of drug-likeness (QED) is 0.879. The topological polar surface area (TPSA) is 44.8 Å². The first-order valence-electron chi connectivity index (χ1n) is 8.80. The van der Waals surface area contributed by atoms with Gasteiger partial charge in [-0.15, -0.1) is 0 Å². The Hall–Kier alpha value is -2.53. The van der Waals surface area contributed by atoms with Crippen LogP contribution in [0.4, 0.5) is 11.4 Å². The Kier molecular flexibility index (Phi) is 5.90. The maximum atomic E-state index is 12.2. The van der Waals surface area contributed by atoms with Gasteiger partial charge in [0.25, 0.3) is 0 Å². The van der Waals surface area contributed by atoms with E-state index in [0.29, 0.717) is 13.2 Å². The normalized spacial score (nSPS) is 15.0. The summed E-state index contributed by atoms with van der Waals surface area (Å²) in [5.74, 6) is 0.967. The molecule has 0 atom stereocenters. The lowest BCUT2D eigenvalue weighted by Crippen LogP contribution is -2.48. The van der Waals surface area contributed by atoms with Gasteiger partial charge >= 0.3 is 0 Å². The van der Waals surface area contributed by atoms with E-state index in [4.69, 9.17) is 4.74 Å². The molecule has 1 aliphatic heterocycles. The average molecular weight is 339 g/mol. The molecule has 0 saturated carbocycles. The monoisotopic (exact) mass is 339 g/mol. The van der Waals surface area contributed by atoms with E-state index in [1.54, 1.807) is 0 Å². The molecule has 25 heavy (non-hydrogen) atoms. The van der Waals surface area contributed by atoms with E-state index in [-0.39, 0.29) is 5.91 Å². The summed E-state index contributed by atoms with van der Waals surface area (Å²) >= 11 is 0. The fraction of sp³-hybridized carbons (Fsp3) is 0.350. The summed E-state index contributed by atoms with van der Waals surface area (Å²) in [6, 6.07) is 17.7. The molecule has 3 rings (SSSR count). The van der Waals surface area contributed by atoms with E-state index in [1.807, 2.05) is 55.5 Å². The number of benzene rings is 2. The highest BCUT2D eigenvalue weighted by Crippen LogP contribution is 2.28. The van der Waals surface area contributed by atoms with Crippen LogP contribution >= 0.6 is 0 Å². The average Bonchev–Trinajstić information content (AvgIpc) is 2.64. The lowest BCUT2D eigenvalue weighted by atomic mass is 10.2. The van der Waals surface area contributed by atoms with E-state index >= 15 is 0 Å². The third kappa shape index (κ3) is 4.73. The molecule has 2 aromatic rings. The van der Waals surface area contributed by atoms with Crippen molar-refractivity contribution in [3.05, 3.63) is 54.6 Å². The van der Waals surface area contributed by atoms with Crippen LogP contribution in [-0.4, -0.2) is 50.1 Å². The summed E-state index contributed by atoms with van der Waals surface area (Å²) in [5.41, 5.74) is 1.98. The molecule has 1 amide bonds. The van der Waals surface area contributed by atoms with Gasteiger partial charge in [0.15, 0.2) is 0 Å². The molecule has 0 unspecified atom stereocenters. The molecule has 2 aromatic carbocycles. The largest absolute Gasteiger partial charge is 0.492 e. The van der Waals surface area contributed by atoms with Crippen molar-refractivity contribution in [2.45, 2.75) is 6.92 Å². The number of carbonyl (C=O) groups is 1. The van der Waals surface area contributed by atoms with E-state index < -0.39 is 0 Å². The number of amides is 1. The zero-order valence-corrected chi connectivity index (χ0v) is 14.6. The van der Waals surface area contributed by atoms with Crippen LogP contribution in [0.1, 0.15) is 6.92 Å². The molecule has 0 spiro atoms. The molecule has 132 valence electrons. The predicted octanol–water partition coefficient (Wildman–Crippen LogP) is 2.85. The molecular formula is C20H25N3O2. The molecule has 5 heteroatoms. The maximum Gasteiger partial charge on any atom is 0.238 e. The molecule has 1 saturated heterocycles. The SMILES string of the molecule is CCOc1ccccc1N1CCN(CC(=O)Nc2ccccc2)CC1. The second-order valence-corrected chi connectivity index (χ2v) is 6.08. The molecule has 0 bridgehead atoms. The highest BCUT2D eigenvalue weighted by Gasteiger charge is 2.21. The van der Waals surface area contributed by atoms with Gasteiger partial charge in [0.1, 0.15) is 5.75 Å². The number of hydrogen-bond acceptors (Lipinski definition) is 4. The van der Waals surface area contributed by atoms with Crippen molar-refractivity contribution in [1.82, 2.24) is 4.90 Å². The van der Waals surface area contributed by atoms with Crippen molar-refractivity contribution in [2.75, 3.05) is 49.5 Å². The first-order chi connectivity index (χ1) is 12.3. The van der Waals surface area contributed by atoms with Gasteiger partial charge < -0.3 is 15.0 Å². The lowest BCUT2D eigenvalue weighted by molar-refractivity contribution is -0.117. The van der Waals surface area contributed by atoms with Gasteiger partial charge in [-0.3, -0.25) is 9.69 Å². The molecule has 1 fully saturated rings. The Morgan fingerprint density at radius 2 is 1.68 bits per heavy atom. The van der Waals surface area contributed by atoms with Gasteiger partial charge in [-0.2, -0.15) is 0 Å². The Morgan fingerprint density at radius 3 is 2.40 bits per heavy atom. The molecule has 5 nitrogen and oxygen atoms in total. The van der Waals surface area contributed by atoms with E-state index in [0.717, 1.165) is 43.3 Å². The zero-order valence-electron chi connectivity index (χ0n) is 14.6. The fourth-order valence-corrected chi connectivity index (χ4v) is 3.07. The van der Waals surface area contributed by atoms with Gasteiger partial charge in [0.2, 0.25) is 5.91 Å². The van der Waals surface area contributed by atoms with Crippen LogP contribution in [-0.2, 0) is 4.79 Å². The van der Waals surface area contributed by atoms with Crippen molar-refractivity contribution < 1.29 is 9.53 Å². The van der Waals surface area contributed by atoms with Crippen molar-refractivity contribution in [3.63, 3.8) is 0 Å². The van der Waals surface area contributed by atoms with Crippen LogP contribution in [0.25, 0.3) is 0 Å². The fourth-order valence-electron chi connectivity index (χ4n) is 3.07. The Labute approximate surface area is 149 Å². The second-order valence-electron chi connectivity index (χ2n) is 6.08. The third-order valence-corrected chi connectivity index (χ3v) is 4.30. The maximum absolute atomic E-state index is 12.2. The standard InChI is InChI=1S/C20H25N3O2/c1-2-25-19-11-7-6-10-18(19)23-14-12-22(13-15-23)16-20(24)21-17-8-4-3-5-9-17/h3-11H,2,12-16H2,1H3,(H,21,24). The number of nitrogens with zero attached hydrogens (tertiary/aromatic N) is 2. The van der Waals surface area contributed by atoms with Gasteiger partial charge in [-0.1, -0.05) is 30.3 Å². The summed E-state index contributed by atoms with van der Waals surface area (Å²) in [6.07, 6.45) is 0. The van der Waals surface area contributed by atoms with Crippen LogP contribution in [0.15, 0.2) is 54.6 Å². The van der Waals surface area contributed by atoms with E-state index in [2.05, 4.69) is 21.2 Å². The molecule has 1 N–H and O–H groups in total. The minimum atomic E-state index is 0.0365. The van der Waals surface area contributed by atoms with Gasteiger partial charge in [0.05, 0.1) is 18.8 Å². The van der Waals surface area contributed by atoms with Crippen molar-refractivity contribution in [1.29, 1.82) is 0 Å². The Bertz CT molecular complexity index is 682. The van der Waals surface area contributed by atoms with Crippen molar-refractivity contribution >= 4 is 17.3 Å². The minimum Gasteiger partial charge on any atom is -0.492 e. The van der Waals surface area contributed by atoms with Crippen LogP contribution in [0.2, 0.25) is 0 Å². The molecular weight excluding hydrogens is 314 g/mol. The number of nitrogens with one attached hydrogen (secondary N) is 1. The number of ether oxygens (including phenoxy) is 1. The number of anilines is 2. The van der Waals surface area contributed by atoms with Gasteiger partial charge in [-0.25, -0.2) is 0 Å². The first-order valence-corrected chi connectivity index (χ1v) is 8.80. The van der Waals surface area contributed by atoms with E-state index in [1.165, 1.54) is 0 Å². The molecule has 0 radical (unpaired) electrons. The highest BCUT2D eigenvalue weighted by atomic mass is 16.5. The Morgan fingerprint density at radius 1 is 1.00 bits per heavy atom. The number of carbonyl (C=O) groups excluding carboxylic acids is 1. The minimum absolute atomic E-state index is 0.0365. The highest BCUT2D eigenvalue weighted by molar-refractivity contribution is 5.92. The Balaban J connectivity index is 1.51. The van der Waals surface area contributed by atoms with E-state index in [9.17, 15) is 4.79 Å². The smallest absolute Gasteiger partial charge is 0.238 e. The van der Waals surface area contributed by atoms with Crippen molar-refractivity contribution in [3.8, 4) is 5.75 Å². The van der Waals surface area contributed by atoms with Crippen LogP contribution < -0.4 is 15.0 Å². The molecule has 1 aliphatic rings. The summed E-state index contributed by atoms with van der Waals surface area (Å²) < 4.78 is 5.73. The number of para-hydroxylation sites is 3. The van der Waals surface area contributed by atoms with Gasteiger partial charge in [0, 0.05) is 31.9 Å². The summed E-state index contributed by atoms with van der Waals surface area (Å²) in [6.45, 7) is 6.60. The van der Waals surface area contributed by atoms with Crippen LogP contribution in [0.3, 0.4) is 0 Å². The van der Waals surface area contributed by atoms with Gasteiger partial charge in [-0.05, 0) is 31.2 Å². The number of hydrogen-bond donors (Lipinski definition) is 1. The zero-order chi connectivity index (χ0) is 17.5. The molecule has 1 heterocycles. The third-order valence-electron chi connectivity index (χ3n) is 4.30. The van der Waals surface area contributed by atoms with Crippen LogP contribution in [0, 0.1) is 0 Å². The second kappa shape index (κ2) is 8.53. The first kappa shape index (κ1) is 17.3. The van der Waals surface area contributed by atoms with Crippen LogP contribution in [0.5, 0.6) is 5.75 Å². The molecule has 0 aromatic heterocycles. The van der Waals surface area contributed by atoms with Crippen molar-refractivity contribution in [2.24, 2.45) is 0 Å². The predicted molar refractivity (Wildman–Crippen MR) is 101 cm³/mol. The number of piperazine rings is 1. The summed E-state index contributed by atoms with van der Waals surface area (Å²) in [7, 11) is 0. The molecule has 0 aliphatic carbocycles. The number of rotatable bonds is 6. The lowest BCUT2D eigenvalue weighted by Gasteiger charge is -2.36. The summed E-state index contributed by atoms with van der Waals surface area (Å²) in [4.78, 5) is 16.7.